The van der Waals surface area contributed by atoms with Crippen molar-refractivity contribution in [2.24, 2.45) is 10.7 Å². The average Bonchev–Trinajstić information content (AvgIpc) is 2.16. The van der Waals surface area contributed by atoms with Crippen molar-refractivity contribution in [1.82, 2.24) is 15.7 Å². The largest absolute Gasteiger partial charge is 0.368 e. The highest BCUT2D eigenvalue weighted by atomic mass is 16.5. The summed E-state index contributed by atoms with van der Waals surface area (Å²) in [6.45, 7) is 0.299. The van der Waals surface area contributed by atoms with Crippen LogP contribution in [0.3, 0.4) is 0 Å². The van der Waals surface area contributed by atoms with Gasteiger partial charge in [0, 0.05) is 6.20 Å². The predicted octanol–water partition coefficient (Wildman–Crippen LogP) is -0.730. The predicted molar refractivity (Wildman–Crippen MR) is 42.3 cm³/mol. The van der Waals surface area contributed by atoms with Gasteiger partial charge < -0.3 is 5.73 Å². The third-order valence-electron chi connectivity index (χ3n) is 1.15. The molecule has 6 heteroatoms. The molecular formula is C6H9N5O. The van der Waals surface area contributed by atoms with Gasteiger partial charge in [-0.2, -0.15) is 10.2 Å². The van der Waals surface area contributed by atoms with Crippen LogP contribution in [0.25, 0.3) is 0 Å². The minimum atomic E-state index is -0.0411. The summed E-state index contributed by atoms with van der Waals surface area (Å²) in [5.74, 6) is -0.0411. The zero-order chi connectivity index (χ0) is 8.81. The molecule has 6 nitrogen and oxygen atoms in total. The van der Waals surface area contributed by atoms with Gasteiger partial charge in [-0.05, 0) is 12.1 Å². The number of nitrogens with one attached hydrogen (secondary N) is 1. The molecule has 0 fully saturated rings. The molecule has 0 aliphatic rings. The van der Waals surface area contributed by atoms with Gasteiger partial charge in [0.05, 0.1) is 12.2 Å². The van der Waals surface area contributed by atoms with Crippen molar-refractivity contribution >= 4 is 5.96 Å². The zero-order valence-electron chi connectivity index (χ0n) is 6.31. The lowest BCUT2D eigenvalue weighted by Crippen LogP contribution is -2.28. The number of aliphatic imine (C=N–C) groups is 1. The molecule has 4 N–H and O–H groups in total. The molecule has 1 aromatic rings. The highest BCUT2D eigenvalue weighted by molar-refractivity contribution is 5.76. The van der Waals surface area contributed by atoms with Crippen LogP contribution in [0.2, 0.25) is 0 Å². The number of guanidine groups is 1. The van der Waals surface area contributed by atoms with Crippen molar-refractivity contribution < 1.29 is 5.21 Å². The number of hydroxylamine groups is 1. The van der Waals surface area contributed by atoms with Gasteiger partial charge in [-0.3, -0.25) is 5.21 Å². The Hall–Kier alpha value is -1.69. The van der Waals surface area contributed by atoms with E-state index >= 15 is 0 Å². The van der Waals surface area contributed by atoms with Gasteiger partial charge in [-0.15, -0.1) is 0 Å². The molecule has 0 unspecified atom stereocenters. The topological polar surface area (TPSA) is 96.4 Å². The van der Waals surface area contributed by atoms with Crippen LogP contribution in [0.1, 0.15) is 5.69 Å². The minimum Gasteiger partial charge on any atom is -0.368 e. The Kier molecular flexibility index (Phi) is 2.97. The van der Waals surface area contributed by atoms with Gasteiger partial charge in [-0.1, -0.05) is 0 Å². The first-order valence-electron chi connectivity index (χ1n) is 3.29. The third-order valence-corrected chi connectivity index (χ3v) is 1.15. The molecule has 0 spiro atoms. The number of nitrogens with two attached hydrogens (primary N) is 1. The number of aromatic nitrogens is 2. The zero-order valence-corrected chi connectivity index (χ0v) is 6.31. The van der Waals surface area contributed by atoms with E-state index in [4.69, 9.17) is 10.9 Å². The summed E-state index contributed by atoms with van der Waals surface area (Å²) in [6.07, 6.45) is 1.57. The standard InChI is InChI=1S/C6H9N5O/c7-6(11-12)8-4-5-2-1-3-9-10-5/h1-3,12H,4H2,(H3,7,8,11). The Morgan fingerprint density at radius 3 is 3.17 bits per heavy atom. The molecule has 0 saturated carbocycles. The summed E-state index contributed by atoms with van der Waals surface area (Å²) in [5, 5.41) is 15.7. The molecule has 12 heavy (non-hydrogen) atoms. The molecule has 0 aromatic carbocycles. The van der Waals surface area contributed by atoms with Gasteiger partial charge in [0.2, 0.25) is 5.96 Å². The Balaban J connectivity index is 2.54. The average molecular weight is 167 g/mol. The summed E-state index contributed by atoms with van der Waals surface area (Å²) in [6, 6.07) is 3.52. The number of hydrogen-bond acceptors (Lipinski definition) is 4. The summed E-state index contributed by atoms with van der Waals surface area (Å²) in [7, 11) is 0. The summed E-state index contributed by atoms with van der Waals surface area (Å²) in [4.78, 5) is 3.74. The fourth-order valence-electron chi connectivity index (χ4n) is 0.619. The maximum atomic E-state index is 8.27. The van der Waals surface area contributed by atoms with Gasteiger partial charge in [-0.25, -0.2) is 10.5 Å². The van der Waals surface area contributed by atoms with Crippen molar-refractivity contribution in [3.8, 4) is 0 Å². The van der Waals surface area contributed by atoms with Crippen LogP contribution in [0.4, 0.5) is 0 Å². The van der Waals surface area contributed by atoms with Crippen LogP contribution in [0.15, 0.2) is 23.3 Å². The second-order valence-electron chi connectivity index (χ2n) is 2.03. The summed E-state index contributed by atoms with van der Waals surface area (Å²) in [5.41, 5.74) is 7.57. The molecule has 0 atom stereocenters. The fraction of sp³-hybridized carbons (Fsp3) is 0.167. The van der Waals surface area contributed by atoms with E-state index in [0.29, 0.717) is 12.2 Å². The van der Waals surface area contributed by atoms with Crippen molar-refractivity contribution in [2.45, 2.75) is 6.54 Å². The minimum absolute atomic E-state index is 0.0411. The van der Waals surface area contributed by atoms with E-state index in [0.717, 1.165) is 0 Å². The lowest BCUT2D eigenvalue weighted by Gasteiger charge is -1.96. The molecule has 1 heterocycles. The van der Waals surface area contributed by atoms with E-state index in [1.165, 1.54) is 0 Å². The van der Waals surface area contributed by atoms with Crippen LogP contribution in [0.5, 0.6) is 0 Å². The highest BCUT2D eigenvalue weighted by Gasteiger charge is 1.91. The lowest BCUT2D eigenvalue weighted by molar-refractivity contribution is 0.232. The van der Waals surface area contributed by atoms with Crippen LogP contribution in [-0.2, 0) is 6.54 Å². The van der Waals surface area contributed by atoms with Crippen molar-refractivity contribution in [2.75, 3.05) is 0 Å². The van der Waals surface area contributed by atoms with Crippen LogP contribution in [0, 0.1) is 0 Å². The molecule has 1 rings (SSSR count). The maximum Gasteiger partial charge on any atom is 0.213 e. The first kappa shape index (κ1) is 8.41. The van der Waals surface area contributed by atoms with Crippen molar-refractivity contribution in [1.29, 1.82) is 0 Å². The quantitative estimate of drug-likeness (QED) is 0.306. The maximum absolute atomic E-state index is 8.27. The Morgan fingerprint density at radius 1 is 1.75 bits per heavy atom. The first-order chi connectivity index (χ1) is 5.83. The number of rotatable bonds is 2. The molecular weight excluding hydrogens is 158 g/mol. The van der Waals surface area contributed by atoms with E-state index in [-0.39, 0.29) is 5.96 Å². The van der Waals surface area contributed by atoms with Crippen LogP contribution >= 0.6 is 0 Å². The Labute approximate surface area is 69.1 Å². The van der Waals surface area contributed by atoms with Crippen molar-refractivity contribution in [3.63, 3.8) is 0 Å². The molecule has 64 valence electrons. The van der Waals surface area contributed by atoms with E-state index in [9.17, 15) is 0 Å². The number of nitrogens with zero attached hydrogens (tertiary/aromatic N) is 3. The summed E-state index contributed by atoms with van der Waals surface area (Å²) >= 11 is 0. The molecule has 1 aromatic heterocycles. The van der Waals surface area contributed by atoms with Gasteiger partial charge in [0.1, 0.15) is 0 Å². The van der Waals surface area contributed by atoms with Crippen LogP contribution < -0.4 is 11.2 Å². The van der Waals surface area contributed by atoms with E-state index in [1.54, 1.807) is 23.8 Å². The molecule has 0 aliphatic heterocycles. The second kappa shape index (κ2) is 4.24. The highest BCUT2D eigenvalue weighted by Crippen LogP contribution is 1.92. The van der Waals surface area contributed by atoms with Gasteiger partial charge in [0.15, 0.2) is 0 Å². The third kappa shape index (κ3) is 2.51. The molecule has 0 bridgehead atoms. The van der Waals surface area contributed by atoms with Gasteiger partial charge >= 0.3 is 0 Å². The molecule has 0 saturated heterocycles. The lowest BCUT2D eigenvalue weighted by atomic mass is 10.4. The smallest absolute Gasteiger partial charge is 0.213 e. The van der Waals surface area contributed by atoms with E-state index in [2.05, 4.69) is 15.2 Å². The van der Waals surface area contributed by atoms with E-state index in [1.807, 2.05) is 0 Å². The monoisotopic (exact) mass is 167 g/mol. The first-order valence-corrected chi connectivity index (χ1v) is 3.29. The van der Waals surface area contributed by atoms with Crippen LogP contribution in [-0.4, -0.2) is 21.4 Å². The fourth-order valence-corrected chi connectivity index (χ4v) is 0.619. The van der Waals surface area contributed by atoms with E-state index < -0.39 is 0 Å². The molecule has 0 aliphatic carbocycles. The molecule has 0 amide bonds. The van der Waals surface area contributed by atoms with Crippen molar-refractivity contribution in [3.05, 3.63) is 24.0 Å². The van der Waals surface area contributed by atoms with Gasteiger partial charge in [0.25, 0.3) is 0 Å². The molecule has 0 radical (unpaired) electrons. The Bertz CT molecular complexity index is 260. The number of hydrogen-bond donors (Lipinski definition) is 3. The summed E-state index contributed by atoms with van der Waals surface area (Å²) < 4.78 is 0. The SMILES string of the molecule is NC(=NCc1cccnn1)NO. The Morgan fingerprint density at radius 2 is 2.58 bits per heavy atom. The normalized spacial score (nSPS) is 11.2. The second-order valence-corrected chi connectivity index (χ2v) is 2.03.